The zero-order valence-corrected chi connectivity index (χ0v) is 21.2. The summed E-state index contributed by atoms with van der Waals surface area (Å²) in [6, 6.07) is 9.28. The molecule has 33 heavy (non-hydrogen) atoms. The normalized spacial score (nSPS) is 12.8. The van der Waals surface area contributed by atoms with Gasteiger partial charge in [-0.25, -0.2) is 8.42 Å². The first-order chi connectivity index (χ1) is 15.3. The number of esters is 1. The number of halogens is 4. The summed E-state index contributed by atoms with van der Waals surface area (Å²) >= 11 is 4.28. The second-order valence-corrected chi connectivity index (χ2v) is 10.6. The van der Waals surface area contributed by atoms with Gasteiger partial charge in [-0.1, -0.05) is 18.7 Å². The largest absolute Gasteiger partial charge is 0.453 e. The van der Waals surface area contributed by atoms with Crippen molar-refractivity contribution in [1.82, 2.24) is 9.88 Å². The lowest BCUT2D eigenvalue weighted by molar-refractivity contribution is -0.141. The van der Waals surface area contributed by atoms with Crippen LogP contribution in [0.5, 0.6) is 0 Å². The maximum absolute atomic E-state index is 13.4. The number of carbonyl (C=O) groups excluding carboxylic acids is 1. The summed E-state index contributed by atoms with van der Waals surface area (Å²) in [7, 11) is -2.00. The lowest BCUT2D eigenvalue weighted by Gasteiger charge is -2.24. The van der Waals surface area contributed by atoms with Crippen LogP contribution < -0.4 is 0 Å². The highest BCUT2D eigenvalue weighted by atomic mass is 79.9. The van der Waals surface area contributed by atoms with E-state index in [9.17, 15) is 26.4 Å². The number of hydrogen-bond donors (Lipinski definition) is 1. The molecular formula is C21H22BrF3N2O4S2. The Labute approximate surface area is 202 Å². The maximum Gasteiger partial charge on any atom is 0.417 e. The summed E-state index contributed by atoms with van der Waals surface area (Å²) in [5.74, 6) is -0.499. The highest BCUT2D eigenvalue weighted by Crippen LogP contribution is 2.38. The average molecular weight is 567 g/mol. The molecule has 12 heteroatoms. The molecule has 0 bridgehead atoms. The van der Waals surface area contributed by atoms with Crippen LogP contribution in [0.25, 0.3) is 17.0 Å². The molecule has 0 aliphatic carbocycles. The van der Waals surface area contributed by atoms with Gasteiger partial charge in [0, 0.05) is 19.0 Å². The first-order valence-electron chi connectivity index (χ1n) is 9.27. The van der Waals surface area contributed by atoms with Crippen molar-refractivity contribution < 1.29 is 31.1 Å². The van der Waals surface area contributed by atoms with E-state index in [1.54, 1.807) is 24.5 Å². The third-order valence-electron chi connectivity index (χ3n) is 4.42. The van der Waals surface area contributed by atoms with E-state index in [0.29, 0.717) is 11.3 Å². The Morgan fingerprint density at radius 1 is 1.27 bits per heavy atom. The number of alkyl halides is 3. The molecular weight excluding hydrogens is 545 g/mol. The van der Waals surface area contributed by atoms with Crippen molar-refractivity contribution in [3.8, 4) is 11.3 Å². The molecule has 6 nitrogen and oxygen atoms in total. The van der Waals surface area contributed by atoms with Crippen LogP contribution in [0.2, 0.25) is 0 Å². The van der Waals surface area contributed by atoms with Gasteiger partial charge in [0.05, 0.1) is 26.3 Å². The van der Waals surface area contributed by atoms with Gasteiger partial charge in [-0.2, -0.15) is 13.2 Å². The van der Waals surface area contributed by atoms with Gasteiger partial charge in [0.1, 0.15) is 12.5 Å². The molecule has 1 aromatic heterocycles. The van der Waals surface area contributed by atoms with E-state index < -0.39 is 27.6 Å². The molecule has 0 aliphatic heterocycles. The van der Waals surface area contributed by atoms with Crippen molar-refractivity contribution in [3.05, 3.63) is 58.7 Å². The number of sulfone groups is 1. The summed E-state index contributed by atoms with van der Waals surface area (Å²) in [6.45, 7) is 2.82. The lowest BCUT2D eigenvalue weighted by Crippen LogP contribution is -2.28. The van der Waals surface area contributed by atoms with Crippen LogP contribution in [0.4, 0.5) is 13.2 Å². The van der Waals surface area contributed by atoms with Gasteiger partial charge in [-0.15, -0.1) is 11.8 Å². The summed E-state index contributed by atoms with van der Waals surface area (Å²) in [5, 5.41) is 0. The van der Waals surface area contributed by atoms with E-state index in [4.69, 9.17) is 4.74 Å². The van der Waals surface area contributed by atoms with Crippen molar-refractivity contribution in [2.45, 2.75) is 11.1 Å². The number of allylic oxidation sites excluding steroid dienone is 2. The smallest absolute Gasteiger partial charge is 0.417 e. The fraction of sp³-hybridized carbons (Fsp3) is 0.286. The van der Waals surface area contributed by atoms with Gasteiger partial charge in [0.2, 0.25) is 0 Å². The van der Waals surface area contributed by atoms with Crippen LogP contribution in [0.1, 0.15) is 5.69 Å². The van der Waals surface area contributed by atoms with E-state index in [1.165, 1.54) is 41.9 Å². The minimum Gasteiger partial charge on any atom is -0.453 e. The molecule has 0 atom stereocenters. The van der Waals surface area contributed by atoms with E-state index in [1.807, 2.05) is 0 Å². The molecule has 1 aromatic carbocycles. The Morgan fingerprint density at radius 3 is 2.52 bits per heavy atom. The van der Waals surface area contributed by atoms with Crippen molar-refractivity contribution in [1.29, 1.82) is 0 Å². The zero-order valence-electron chi connectivity index (χ0n) is 18.0. The molecule has 2 aromatic rings. The van der Waals surface area contributed by atoms with E-state index >= 15 is 0 Å². The number of nitrogens with one attached hydrogen (secondary N) is 1. The van der Waals surface area contributed by atoms with Gasteiger partial charge in [-0.3, -0.25) is 4.79 Å². The van der Waals surface area contributed by atoms with Crippen molar-refractivity contribution in [3.63, 3.8) is 0 Å². The molecule has 1 heterocycles. The second-order valence-electron chi connectivity index (χ2n) is 7.00. The van der Waals surface area contributed by atoms with Crippen LogP contribution in [0.3, 0.4) is 0 Å². The monoisotopic (exact) mass is 566 g/mol. The Balaban J connectivity index is 2.52. The number of benzene rings is 1. The first kappa shape index (κ1) is 27.1. The highest BCUT2D eigenvalue weighted by molar-refractivity contribution is 9.12. The summed E-state index contributed by atoms with van der Waals surface area (Å²) < 4.78 is 68.4. The van der Waals surface area contributed by atoms with Gasteiger partial charge >= 0.3 is 12.1 Å². The number of ether oxygens (including phenoxy) is 1. The molecule has 0 unspecified atom stereocenters. The third-order valence-corrected chi connectivity index (χ3v) is 6.73. The van der Waals surface area contributed by atoms with Crippen molar-refractivity contribution in [2.75, 3.05) is 32.0 Å². The van der Waals surface area contributed by atoms with Gasteiger partial charge in [-0.05, 0) is 52.0 Å². The topological polar surface area (TPSA) is 79.5 Å². The highest BCUT2D eigenvalue weighted by Gasteiger charge is 2.36. The molecule has 0 amide bonds. The molecule has 0 saturated carbocycles. The van der Waals surface area contributed by atoms with E-state index in [-0.39, 0.29) is 33.3 Å². The first-order valence-corrected chi connectivity index (χ1v) is 13.3. The van der Waals surface area contributed by atoms with E-state index in [2.05, 4.69) is 27.5 Å². The Bertz CT molecular complexity index is 1170. The molecule has 2 rings (SSSR count). The molecule has 0 aliphatic rings. The zero-order chi connectivity index (χ0) is 25.0. The fourth-order valence-electron chi connectivity index (χ4n) is 2.80. The minimum atomic E-state index is -4.70. The number of H-pyrrole nitrogens is 1. The maximum atomic E-state index is 13.4. The predicted molar refractivity (Wildman–Crippen MR) is 127 cm³/mol. The van der Waals surface area contributed by atoms with Crippen LogP contribution >= 0.6 is 27.7 Å². The molecule has 0 saturated heterocycles. The quantitative estimate of drug-likeness (QED) is 0.259. The van der Waals surface area contributed by atoms with Crippen molar-refractivity contribution in [2.24, 2.45) is 0 Å². The summed E-state index contributed by atoms with van der Waals surface area (Å²) in [6.07, 6.45) is -1.88. The fourth-order valence-corrected chi connectivity index (χ4v) is 4.45. The number of aromatic nitrogens is 1. The van der Waals surface area contributed by atoms with Crippen LogP contribution in [-0.4, -0.2) is 62.5 Å². The van der Waals surface area contributed by atoms with Crippen LogP contribution in [-0.2, 0) is 19.4 Å². The van der Waals surface area contributed by atoms with E-state index in [0.717, 1.165) is 6.26 Å². The Morgan fingerprint density at radius 2 is 1.94 bits per heavy atom. The molecule has 0 radical (unpaired) electrons. The number of thioether (sulfide) groups is 1. The Hall–Kier alpha value is -2.18. The van der Waals surface area contributed by atoms with Gasteiger partial charge in [0.15, 0.2) is 9.84 Å². The number of aromatic amines is 1. The van der Waals surface area contributed by atoms with Gasteiger partial charge in [0.25, 0.3) is 0 Å². The summed E-state index contributed by atoms with van der Waals surface area (Å²) in [4.78, 5) is 16.5. The van der Waals surface area contributed by atoms with Gasteiger partial charge < -0.3 is 14.6 Å². The SMILES string of the molecule is C=C(/C(Br)=C(/c1ccc(-c2cccc(S(C)(=O)=O)c2)[nH]1)N(C)CC(=O)OCSC)C(F)(F)F. The molecule has 180 valence electrons. The molecule has 0 spiro atoms. The summed E-state index contributed by atoms with van der Waals surface area (Å²) in [5.41, 5.74) is 0.161. The minimum absolute atomic E-state index is 0.0314. The van der Waals surface area contributed by atoms with Crippen LogP contribution in [0, 0.1) is 0 Å². The standard InChI is InChI=1S/C21H22BrF3N2O4S2/c1-13(21(23,24)25)19(22)20(27(2)11-18(28)31-12-32-3)17-9-8-16(26-17)14-6-5-7-15(10-14)33(4,29)30/h5-10,26H,1,11-12H2,2-4H3/b20-19+. The third kappa shape index (κ3) is 7.15. The average Bonchev–Trinajstić information content (AvgIpc) is 3.20. The number of nitrogens with zero attached hydrogens (tertiary/aromatic N) is 1. The molecule has 1 N–H and O–H groups in total. The van der Waals surface area contributed by atoms with Crippen LogP contribution in [0.15, 0.2) is 57.9 Å². The number of likely N-dealkylation sites (N-methyl/N-ethyl adjacent to an activating group) is 1. The lowest BCUT2D eigenvalue weighted by atomic mass is 10.1. The Kier molecular flexibility index (Phi) is 8.88. The molecule has 0 fully saturated rings. The van der Waals surface area contributed by atoms with Crippen molar-refractivity contribution >= 4 is 49.2 Å². The number of carbonyl (C=O) groups is 1. The number of rotatable bonds is 9. The predicted octanol–water partition coefficient (Wildman–Crippen LogP) is 5.06. The second kappa shape index (κ2) is 10.8. The number of hydrogen-bond acceptors (Lipinski definition) is 6.